The summed E-state index contributed by atoms with van der Waals surface area (Å²) < 4.78 is 0. The van der Waals surface area contributed by atoms with E-state index in [4.69, 9.17) is 17.3 Å². The molecule has 0 spiro atoms. The molecule has 1 aromatic carbocycles. The minimum Gasteiger partial charge on any atom is -0.399 e. The van der Waals surface area contributed by atoms with Crippen molar-refractivity contribution in [2.24, 2.45) is 0 Å². The van der Waals surface area contributed by atoms with Crippen LogP contribution in [0.4, 0.5) is 5.69 Å². The molecule has 5 heteroatoms. The van der Waals surface area contributed by atoms with Crippen LogP contribution in [0.15, 0.2) is 23.6 Å². The van der Waals surface area contributed by atoms with Crippen molar-refractivity contribution in [3.8, 4) is 0 Å². The highest BCUT2D eigenvalue weighted by Crippen LogP contribution is 2.16. The van der Waals surface area contributed by atoms with Crippen LogP contribution in [-0.4, -0.2) is 11.5 Å². The predicted octanol–water partition coefficient (Wildman–Crippen LogP) is 3.02. The summed E-state index contributed by atoms with van der Waals surface area (Å²) >= 11 is 7.65. The molecule has 3 N–H and O–H groups in total. The molecule has 0 radical (unpaired) electrons. The van der Waals surface area contributed by atoms with E-state index in [2.05, 4.69) is 15.7 Å². The van der Waals surface area contributed by atoms with Gasteiger partial charge in [-0.25, -0.2) is 4.98 Å². The zero-order valence-electron chi connectivity index (χ0n) is 10.2. The minimum absolute atomic E-state index is 0.683. The Bertz CT molecular complexity index is 504. The first-order valence-corrected chi connectivity index (χ1v) is 7.06. The molecule has 2 aromatic rings. The van der Waals surface area contributed by atoms with Gasteiger partial charge in [-0.2, -0.15) is 0 Å². The molecule has 2 rings (SSSR count). The Hall–Kier alpha value is -1.10. The van der Waals surface area contributed by atoms with Gasteiger partial charge in [0.1, 0.15) is 0 Å². The molecule has 0 unspecified atom stereocenters. The number of benzene rings is 1. The first-order valence-electron chi connectivity index (χ1n) is 5.80. The molecule has 3 nitrogen and oxygen atoms in total. The van der Waals surface area contributed by atoms with Gasteiger partial charge in [-0.3, -0.25) is 0 Å². The molecule has 1 aromatic heterocycles. The second-order valence-corrected chi connectivity index (χ2v) is 5.58. The number of aromatic nitrogens is 1. The molecular weight excluding hydrogens is 266 g/mol. The van der Waals surface area contributed by atoms with Crippen LogP contribution in [0, 0.1) is 6.92 Å². The minimum atomic E-state index is 0.683. The third-order valence-electron chi connectivity index (χ3n) is 2.49. The highest BCUT2D eigenvalue weighted by molar-refractivity contribution is 7.09. The van der Waals surface area contributed by atoms with Crippen LogP contribution in [-0.2, 0) is 13.0 Å². The Balaban J connectivity index is 1.78. The normalized spacial score (nSPS) is 10.8. The van der Waals surface area contributed by atoms with Crippen LogP contribution in [0.3, 0.4) is 0 Å². The Labute approximate surface area is 116 Å². The predicted molar refractivity (Wildman–Crippen MR) is 78.1 cm³/mol. The van der Waals surface area contributed by atoms with Gasteiger partial charge in [0, 0.05) is 41.3 Å². The van der Waals surface area contributed by atoms with Crippen LogP contribution in [0.5, 0.6) is 0 Å². The number of nitrogens with two attached hydrogens (primary N) is 1. The van der Waals surface area contributed by atoms with Crippen LogP contribution in [0.2, 0.25) is 5.02 Å². The van der Waals surface area contributed by atoms with E-state index < -0.39 is 0 Å². The molecule has 0 bridgehead atoms. The SMILES string of the molecule is Cc1csc(CCNCc2cc(N)cc(Cl)c2)n1. The van der Waals surface area contributed by atoms with Crippen LogP contribution >= 0.6 is 22.9 Å². The molecule has 1 heterocycles. The molecule has 0 atom stereocenters. The Morgan fingerprint density at radius 2 is 2.22 bits per heavy atom. The fraction of sp³-hybridized carbons (Fsp3) is 0.308. The summed E-state index contributed by atoms with van der Waals surface area (Å²) in [6, 6.07) is 5.62. The van der Waals surface area contributed by atoms with Gasteiger partial charge in [0.15, 0.2) is 0 Å². The van der Waals surface area contributed by atoms with Crippen molar-refractivity contribution in [3.05, 3.63) is 44.9 Å². The van der Waals surface area contributed by atoms with Gasteiger partial charge >= 0.3 is 0 Å². The fourth-order valence-corrected chi connectivity index (χ4v) is 2.77. The number of hydrogen-bond acceptors (Lipinski definition) is 4. The van der Waals surface area contributed by atoms with Gasteiger partial charge in [0.25, 0.3) is 0 Å². The van der Waals surface area contributed by atoms with Crippen molar-refractivity contribution in [2.45, 2.75) is 19.9 Å². The van der Waals surface area contributed by atoms with Crippen LogP contribution in [0.25, 0.3) is 0 Å². The summed E-state index contributed by atoms with van der Waals surface area (Å²) in [5.41, 5.74) is 8.64. The number of nitrogens with one attached hydrogen (secondary N) is 1. The molecule has 0 fully saturated rings. The lowest BCUT2D eigenvalue weighted by molar-refractivity contribution is 0.685. The smallest absolute Gasteiger partial charge is 0.0940 e. The topological polar surface area (TPSA) is 50.9 Å². The van der Waals surface area contributed by atoms with Gasteiger partial charge in [-0.05, 0) is 30.7 Å². The summed E-state index contributed by atoms with van der Waals surface area (Å²) in [4.78, 5) is 4.42. The van der Waals surface area contributed by atoms with Crippen molar-refractivity contribution in [3.63, 3.8) is 0 Å². The summed E-state index contributed by atoms with van der Waals surface area (Å²) in [5, 5.41) is 7.30. The number of rotatable bonds is 5. The van der Waals surface area contributed by atoms with E-state index in [1.165, 1.54) is 5.01 Å². The van der Waals surface area contributed by atoms with Crippen LogP contribution in [0.1, 0.15) is 16.3 Å². The second kappa shape index (κ2) is 6.18. The van der Waals surface area contributed by atoms with Crippen molar-refractivity contribution in [2.75, 3.05) is 12.3 Å². The third kappa shape index (κ3) is 3.98. The first-order chi connectivity index (χ1) is 8.63. The lowest BCUT2D eigenvalue weighted by Crippen LogP contribution is -2.16. The van der Waals surface area contributed by atoms with Gasteiger partial charge in [0.2, 0.25) is 0 Å². The third-order valence-corrected chi connectivity index (χ3v) is 3.74. The average Bonchev–Trinajstić information content (AvgIpc) is 2.69. The number of hydrogen-bond donors (Lipinski definition) is 2. The van der Waals surface area contributed by atoms with Crippen molar-refractivity contribution < 1.29 is 0 Å². The summed E-state index contributed by atoms with van der Waals surface area (Å²) in [5.74, 6) is 0. The monoisotopic (exact) mass is 281 g/mol. The van der Waals surface area contributed by atoms with E-state index >= 15 is 0 Å². The highest BCUT2D eigenvalue weighted by atomic mass is 35.5. The molecule has 0 aliphatic rings. The maximum atomic E-state index is 5.95. The fourth-order valence-electron chi connectivity index (χ4n) is 1.72. The molecule has 0 saturated heterocycles. The molecule has 18 heavy (non-hydrogen) atoms. The zero-order valence-corrected chi connectivity index (χ0v) is 11.8. The maximum Gasteiger partial charge on any atom is 0.0940 e. The molecule has 0 aliphatic carbocycles. The van der Waals surface area contributed by atoms with E-state index in [0.29, 0.717) is 10.7 Å². The van der Waals surface area contributed by atoms with E-state index in [9.17, 15) is 0 Å². The number of anilines is 1. The van der Waals surface area contributed by atoms with Gasteiger partial charge < -0.3 is 11.1 Å². The number of thiazole rings is 1. The number of aryl methyl sites for hydroxylation is 1. The molecule has 0 aliphatic heterocycles. The van der Waals surface area contributed by atoms with E-state index in [1.807, 2.05) is 19.1 Å². The summed E-state index contributed by atoms with van der Waals surface area (Å²) in [6.07, 6.45) is 0.953. The Morgan fingerprint density at radius 1 is 1.39 bits per heavy atom. The molecular formula is C13H16ClN3S. The number of halogens is 1. The highest BCUT2D eigenvalue weighted by Gasteiger charge is 2.00. The van der Waals surface area contributed by atoms with Crippen molar-refractivity contribution in [1.82, 2.24) is 10.3 Å². The van der Waals surface area contributed by atoms with Gasteiger partial charge in [0.05, 0.1) is 5.01 Å². The summed E-state index contributed by atoms with van der Waals surface area (Å²) in [6.45, 7) is 3.69. The van der Waals surface area contributed by atoms with Gasteiger partial charge in [-0.15, -0.1) is 11.3 Å². The van der Waals surface area contributed by atoms with Crippen molar-refractivity contribution >= 4 is 28.6 Å². The molecule has 0 amide bonds. The number of nitrogens with zero attached hydrogens (tertiary/aromatic N) is 1. The molecule has 96 valence electrons. The molecule has 0 saturated carbocycles. The Kier molecular flexibility index (Phi) is 4.58. The van der Waals surface area contributed by atoms with E-state index in [-0.39, 0.29) is 0 Å². The van der Waals surface area contributed by atoms with Crippen LogP contribution < -0.4 is 11.1 Å². The second-order valence-electron chi connectivity index (χ2n) is 4.20. The quantitative estimate of drug-likeness (QED) is 0.654. The lowest BCUT2D eigenvalue weighted by Gasteiger charge is -2.05. The van der Waals surface area contributed by atoms with Crippen molar-refractivity contribution in [1.29, 1.82) is 0 Å². The zero-order chi connectivity index (χ0) is 13.0. The maximum absolute atomic E-state index is 5.95. The summed E-state index contributed by atoms with van der Waals surface area (Å²) in [7, 11) is 0. The number of nitrogen functional groups attached to an aromatic ring is 1. The lowest BCUT2D eigenvalue weighted by atomic mass is 10.2. The average molecular weight is 282 g/mol. The first kappa shape index (κ1) is 13.3. The van der Waals surface area contributed by atoms with Gasteiger partial charge in [-0.1, -0.05) is 11.6 Å². The standard InChI is InChI=1S/C13H16ClN3S/c1-9-8-18-13(17-9)2-3-16-7-10-4-11(14)6-12(15)5-10/h4-6,8,16H,2-3,7,15H2,1H3. The largest absolute Gasteiger partial charge is 0.399 e. The Morgan fingerprint density at radius 3 is 2.89 bits per heavy atom. The van der Waals surface area contributed by atoms with E-state index in [0.717, 1.165) is 30.8 Å². The van der Waals surface area contributed by atoms with E-state index in [1.54, 1.807) is 17.4 Å².